The van der Waals surface area contributed by atoms with Crippen molar-refractivity contribution in [3.63, 3.8) is 0 Å². The van der Waals surface area contributed by atoms with E-state index in [2.05, 4.69) is 62.7 Å². The Labute approximate surface area is 111 Å². The molecule has 0 saturated carbocycles. The largest absolute Gasteiger partial charge is 0.317 e. The van der Waals surface area contributed by atoms with Crippen molar-refractivity contribution in [1.82, 2.24) is 10.6 Å². The van der Waals surface area contributed by atoms with Crippen molar-refractivity contribution in [2.45, 2.75) is 51.1 Å². The Hall–Kier alpha value is -0.860. The van der Waals surface area contributed by atoms with Gasteiger partial charge < -0.3 is 10.6 Å². The highest BCUT2D eigenvalue weighted by molar-refractivity contribution is 5.29. The molecule has 2 nitrogen and oxygen atoms in total. The maximum Gasteiger partial charge on any atom is 0.0335 e. The van der Waals surface area contributed by atoms with Gasteiger partial charge in [-0.1, -0.05) is 45.0 Å². The van der Waals surface area contributed by atoms with Crippen LogP contribution in [0.4, 0.5) is 0 Å². The number of benzene rings is 1. The number of nitrogens with one attached hydrogen (secondary N) is 2. The summed E-state index contributed by atoms with van der Waals surface area (Å²) in [5, 5.41) is 7.02. The number of hydrogen-bond donors (Lipinski definition) is 2. The zero-order chi connectivity index (χ0) is 13.2. The Morgan fingerprint density at radius 2 is 1.83 bits per heavy atom. The van der Waals surface area contributed by atoms with Crippen molar-refractivity contribution >= 4 is 0 Å². The molecule has 2 rings (SSSR count). The summed E-state index contributed by atoms with van der Waals surface area (Å²) in [5.74, 6) is 0. The molecular weight excluding hydrogens is 220 g/mol. The van der Waals surface area contributed by atoms with E-state index in [1.807, 2.05) is 0 Å². The summed E-state index contributed by atoms with van der Waals surface area (Å²) >= 11 is 0. The molecule has 1 aliphatic heterocycles. The fourth-order valence-electron chi connectivity index (χ4n) is 2.65. The molecule has 0 spiro atoms. The number of piperidine rings is 1. The third-order valence-corrected chi connectivity index (χ3v) is 3.99. The topological polar surface area (TPSA) is 24.1 Å². The molecule has 1 aromatic rings. The molecule has 1 aliphatic rings. The summed E-state index contributed by atoms with van der Waals surface area (Å²) in [6.45, 7) is 7.89. The number of rotatable bonds is 2. The summed E-state index contributed by atoms with van der Waals surface area (Å²) in [6, 6.07) is 10.3. The smallest absolute Gasteiger partial charge is 0.0335 e. The van der Waals surface area contributed by atoms with Crippen LogP contribution in [0.5, 0.6) is 0 Å². The van der Waals surface area contributed by atoms with E-state index in [1.54, 1.807) is 0 Å². The summed E-state index contributed by atoms with van der Waals surface area (Å²) < 4.78 is 0. The van der Waals surface area contributed by atoms with Crippen LogP contribution in [0.2, 0.25) is 0 Å². The lowest BCUT2D eigenvalue weighted by Gasteiger charge is -2.31. The molecular formula is C16H26N2. The van der Waals surface area contributed by atoms with Crippen LogP contribution in [0.15, 0.2) is 24.3 Å². The second-order valence-corrected chi connectivity index (χ2v) is 6.39. The monoisotopic (exact) mass is 246 g/mol. The summed E-state index contributed by atoms with van der Waals surface area (Å²) in [5.41, 5.74) is 3.07. The van der Waals surface area contributed by atoms with Crippen molar-refractivity contribution in [1.29, 1.82) is 0 Å². The second-order valence-electron chi connectivity index (χ2n) is 6.39. The van der Waals surface area contributed by atoms with Gasteiger partial charge in [0.15, 0.2) is 0 Å². The first-order chi connectivity index (χ1) is 8.50. The lowest BCUT2D eigenvalue weighted by molar-refractivity contribution is 0.337. The Balaban J connectivity index is 2.09. The third-order valence-electron chi connectivity index (χ3n) is 3.99. The molecule has 18 heavy (non-hydrogen) atoms. The Morgan fingerprint density at radius 3 is 2.39 bits per heavy atom. The fourth-order valence-corrected chi connectivity index (χ4v) is 2.65. The molecule has 2 atom stereocenters. The van der Waals surface area contributed by atoms with E-state index in [-0.39, 0.29) is 5.41 Å². The average Bonchev–Trinajstić information content (AvgIpc) is 2.38. The molecule has 2 N–H and O–H groups in total. The average molecular weight is 246 g/mol. The molecule has 0 aromatic heterocycles. The van der Waals surface area contributed by atoms with Crippen molar-refractivity contribution in [2.75, 3.05) is 13.6 Å². The first-order valence-corrected chi connectivity index (χ1v) is 7.02. The van der Waals surface area contributed by atoms with Gasteiger partial charge in [0.25, 0.3) is 0 Å². The molecule has 0 bridgehead atoms. The first-order valence-electron chi connectivity index (χ1n) is 7.02. The molecule has 1 saturated heterocycles. The minimum absolute atomic E-state index is 0.242. The molecule has 1 aromatic carbocycles. The van der Waals surface area contributed by atoms with Gasteiger partial charge in [0, 0.05) is 12.1 Å². The van der Waals surface area contributed by atoms with Gasteiger partial charge in [-0.3, -0.25) is 0 Å². The lowest BCUT2D eigenvalue weighted by Crippen LogP contribution is -2.40. The highest BCUT2D eigenvalue weighted by Crippen LogP contribution is 2.27. The highest BCUT2D eigenvalue weighted by atomic mass is 15.0. The van der Waals surface area contributed by atoms with Crippen LogP contribution in [0.1, 0.15) is 50.8 Å². The summed E-state index contributed by atoms with van der Waals surface area (Å²) in [7, 11) is 2.07. The summed E-state index contributed by atoms with van der Waals surface area (Å²) in [4.78, 5) is 0. The van der Waals surface area contributed by atoms with Crippen molar-refractivity contribution in [2.24, 2.45) is 0 Å². The van der Waals surface area contributed by atoms with E-state index in [1.165, 1.54) is 24.0 Å². The van der Waals surface area contributed by atoms with Crippen LogP contribution in [-0.4, -0.2) is 19.6 Å². The van der Waals surface area contributed by atoms with Crippen molar-refractivity contribution in [3.8, 4) is 0 Å². The van der Waals surface area contributed by atoms with Gasteiger partial charge in [-0.2, -0.15) is 0 Å². The highest BCUT2D eigenvalue weighted by Gasteiger charge is 2.22. The zero-order valence-corrected chi connectivity index (χ0v) is 12.1. The third kappa shape index (κ3) is 3.12. The minimum Gasteiger partial charge on any atom is -0.317 e. The SMILES string of the molecule is CNC1CCNC(c2ccc(C(C)(C)C)cc2)C1. The van der Waals surface area contributed by atoms with Gasteiger partial charge in [0.1, 0.15) is 0 Å². The van der Waals surface area contributed by atoms with E-state index in [0.717, 1.165) is 6.54 Å². The Morgan fingerprint density at radius 1 is 1.17 bits per heavy atom. The molecule has 0 amide bonds. The molecule has 0 radical (unpaired) electrons. The molecule has 2 unspecified atom stereocenters. The number of hydrogen-bond acceptors (Lipinski definition) is 2. The van der Waals surface area contributed by atoms with Crippen LogP contribution in [0.25, 0.3) is 0 Å². The Kier molecular flexibility index (Phi) is 4.08. The van der Waals surface area contributed by atoms with Crippen molar-refractivity contribution in [3.05, 3.63) is 35.4 Å². The van der Waals surface area contributed by atoms with Crippen LogP contribution in [0.3, 0.4) is 0 Å². The zero-order valence-electron chi connectivity index (χ0n) is 12.1. The van der Waals surface area contributed by atoms with Crippen LogP contribution < -0.4 is 10.6 Å². The first kappa shape index (κ1) is 13.6. The predicted molar refractivity (Wildman–Crippen MR) is 78.0 cm³/mol. The molecule has 2 heteroatoms. The van der Waals surface area contributed by atoms with E-state index >= 15 is 0 Å². The normalized spacial score (nSPS) is 25.1. The summed E-state index contributed by atoms with van der Waals surface area (Å²) in [6.07, 6.45) is 2.42. The Bertz CT molecular complexity index is 375. The molecule has 100 valence electrons. The van der Waals surface area contributed by atoms with E-state index in [0.29, 0.717) is 12.1 Å². The standard InChI is InChI=1S/C16H26N2/c1-16(2,3)13-7-5-12(6-8-13)15-11-14(17-4)9-10-18-15/h5-8,14-15,17-18H,9-11H2,1-4H3. The van der Waals surface area contributed by atoms with Gasteiger partial charge in [-0.25, -0.2) is 0 Å². The molecule has 1 fully saturated rings. The van der Waals surface area contributed by atoms with E-state index in [4.69, 9.17) is 0 Å². The van der Waals surface area contributed by atoms with Gasteiger partial charge in [-0.05, 0) is 43.0 Å². The predicted octanol–water partition coefficient (Wildman–Crippen LogP) is 3.00. The van der Waals surface area contributed by atoms with Crippen LogP contribution in [0, 0.1) is 0 Å². The van der Waals surface area contributed by atoms with E-state index < -0.39 is 0 Å². The minimum atomic E-state index is 0.242. The van der Waals surface area contributed by atoms with Crippen LogP contribution >= 0.6 is 0 Å². The maximum atomic E-state index is 3.62. The quantitative estimate of drug-likeness (QED) is 0.838. The van der Waals surface area contributed by atoms with Crippen molar-refractivity contribution < 1.29 is 0 Å². The van der Waals surface area contributed by atoms with Gasteiger partial charge in [0.05, 0.1) is 0 Å². The van der Waals surface area contributed by atoms with Gasteiger partial charge in [-0.15, -0.1) is 0 Å². The molecule has 0 aliphatic carbocycles. The second kappa shape index (κ2) is 5.41. The fraction of sp³-hybridized carbons (Fsp3) is 0.625. The van der Waals surface area contributed by atoms with Gasteiger partial charge >= 0.3 is 0 Å². The van der Waals surface area contributed by atoms with Gasteiger partial charge in [0.2, 0.25) is 0 Å². The lowest BCUT2D eigenvalue weighted by atomic mass is 9.85. The molecule has 1 heterocycles. The van der Waals surface area contributed by atoms with E-state index in [9.17, 15) is 0 Å². The van der Waals surface area contributed by atoms with Crippen LogP contribution in [-0.2, 0) is 5.41 Å². The maximum absolute atomic E-state index is 3.62.